The van der Waals surface area contributed by atoms with Crippen LogP contribution in [-0.2, 0) is 0 Å². The van der Waals surface area contributed by atoms with E-state index in [0.717, 1.165) is 35.3 Å². The maximum Gasteiger partial charge on any atom is 0.283 e. The van der Waals surface area contributed by atoms with Crippen LogP contribution < -0.4 is 11.5 Å². The van der Waals surface area contributed by atoms with Gasteiger partial charge in [0.05, 0.1) is 35.0 Å². The van der Waals surface area contributed by atoms with Gasteiger partial charge in [-0.25, -0.2) is 9.67 Å². The lowest BCUT2D eigenvalue weighted by atomic mass is 10.1. The molecule has 0 spiro atoms. The average Bonchev–Trinajstić information content (AvgIpc) is 3.08. The summed E-state index contributed by atoms with van der Waals surface area (Å²) >= 11 is 0. The van der Waals surface area contributed by atoms with E-state index in [4.69, 9.17) is 11.5 Å². The van der Waals surface area contributed by atoms with Crippen LogP contribution in [-0.4, -0.2) is 31.6 Å². The number of aromatic amines is 1. The van der Waals surface area contributed by atoms with Crippen molar-refractivity contribution >= 4 is 47.7 Å². The molecule has 1 aliphatic rings. The Balaban J connectivity index is 0.00000113. The number of nitrogens with one attached hydrogen (secondary N) is 1. The monoisotopic (exact) mass is 381 g/mol. The first-order valence-electron chi connectivity index (χ1n) is 7.29. The van der Waals surface area contributed by atoms with Gasteiger partial charge in [0.15, 0.2) is 5.96 Å². The topological polar surface area (TPSA) is 128 Å². The van der Waals surface area contributed by atoms with Gasteiger partial charge in [-0.3, -0.25) is 4.79 Å². The van der Waals surface area contributed by atoms with Crippen molar-refractivity contribution in [2.45, 2.75) is 18.8 Å². The third-order valence-corrected chi connectivity index (χ3v) is 3.89. The van der Waals surface area contributed by atoms with Gasteiger partial charge in [0.1, 0.15) is 5.52 Å². The van der Waals surface area contributed by atoms with Crippen molar-refractivity contribution in [3.63, 3.8) is 0 Å². The van der Waals surface area contributed by atoms with Gasteiger partial charge in [-0.15, -0.1) is 24.8 Å². The number of aliphatic imine (C=N–C) groups is 1. The molecule has 1 aromatic carbocycles. The zero-order chi connectivity index (χ0) is 16.0. The van der Waals surface area contributed by atoms with E-state index < -0.39 is 5.91 Å². The summed E-state index contributed by atoms with van der Waals surface area (Å²) in [6, 6.07) is 5.79. The van der Waals surface area contributed by atoms with Gasteiger partial charge in [-0.1, -0.05) is 6.07 Å². The van der Waals surface area contributed by atoms with Crippen LogP contribution in [0.2, 0.25) is 0 Å². The van der Waals surface area contributed by atoms with Crippen LogP contribution in [0.15, 0.2) is 35.7 Å². The molecule has 10 heteroatoms. The van der Waals surface area contributed by atoms with Gasteiger partial charge in [0.2, 0.25) is 0 Å². The van der Waals surface area contributed by atoms with Crippen molar-refractivity contribution < 1.29 is 4.79 Å². The van der Waals surface area contributed by atoms with E-state index in [2.05, 4.69) is 20.1 Å². The Bertz CT molecular complexity index is 938. The van der Waals surface area contributed by atoms with Gasteiger partial charge in [-0.05, 0) is 25.0 Å². The number of halogens is 2. The fourth-order valence-electron chi connectivity index (χ4n) is 2.76. The lowest BCUT2D eigenvalue weighted by molar-refractivity contribution is 0.100. The zero-order valence-corrected chi connectivity index (χ0v) is 14.7. The Morgan fingerprint density at radius 2 is 2.04 bits per heavy atom. The number of benzene rings is 1. The second-order valence-corrected chi connectivity index (χ2v) is 5.55. The molecule has 0 aliphatic heterocycles. The number of nitrogens with zero attached hydrogens (tertiary/aromatic N) is 4. The van der Waals surface area contributed by atoms with Crippen molar-refractivity contribution in [2.24, 2.45) is 16.5 Å². The third kappa shape index (κ3) is 3.31. The van der Waals surface area contributed by atoms with Crippen molar-refractivity contribution in [3.05, 3.63) is 42.0 Å². The maximum absolute atomic E-state index is 12.2. The number of amides is 1. The molecule has 3 aromatic rings. The predicted octanol–water partition coefficient (Wildman–Crippen LogP) is 1.88. The summed E-state index contributed by atoms with van der Waals surface area (Å²) < 4.78 is 1.77. The predicted molar refractivity (Wildman–Crippen MR) is 99.8 cm³/mol. The smallest absolute Gasteiger partial charge is 0.283 e. The van der Waals surface area contributed by atoms with Crippen LogP contribution >= 0.6 is 24.8 Å². The minimum Gasteiger partial charge on any atom is -0.370 e. The minimum absolute atomic E-state index is 0. The van der Waals surface area contributed by atoms with Crippen LogP contribution in [0.3, 0.4) is 0 Å². The molecule has 0 atom stereocenters. The molecule has 25 heavy (non-hydrogen) atoms. The van der Waals surface area contributed by atoms with Crippen molar-refractivity contribution in [3.8, 4) is 5.69 Å². The molecule has 2 aromatic heterocycles. The molecule has 1 aliphatic carbocycles. The van der Waals surface area contributed by atoms with E-state index in [-0.39, 0.29) is 30.8 Å². The molecule has 5 N–H and O–H groups in total. The summed E-state index contributed by atoms with van der Waals surface area (Å²) in [7, 11) is 0. The highest BCUT2D eigenvalue weighted by Gasteiger charge is 2.33. The second-order valence-electron chi connectivity index (χ2n) is 5.55. The molecule has 8 nitrogen and oxygen atoms in total. The maximum atomic E-state index is 12.2. The quantitative estimate of drug-likeness (QED) is 0.471. The Morgan fingerprint density at radius 1 is 1.28 bits per heavy atom. The number of hydrogen-bond donors (Lipinski definition) is 3. The van der Waals surface area contributed by atoms with Gasteiger partial charge < -0.3 is 16.5 Å². The van der Waals surface area contributed by atoms with E-state index in [1.807, 2.05) is 18.2 Å². The number of carbonyl (C=O) groups is 1. The Labute approximate surface area is 155 Å². The first-order chi connectivity index (χ1) is 11.1. The third-order valence-electron chi connectivity index (χ3n) is 3.89. The summed E-state index contributed by atoms with van der Waals surface area (Å²) in [6.45, 7) is 0. The van der Waals surface area contributed by atoms with E-state index in [1.54, 1.807) is 11.0 Å². The summed E-state index contributed by atoms with van der Waals surface area (Å²) in [4.78, 5) is 23.3. The first-order valence-corrected chi connectivity index (χ1v) is 7.29. The molecule has 1 fully saturated rings. The Morgan fingerprint density at radius 3 is 2.72 bits per heavy atom. The van der Waals surface area contributed by atoms with E-state index in [1.165, 1.54) is 6.20 Å². The van der Waals surface area contributed by atoms with Gasteiger partial charge in [-0.2, -0.15) is 10.1 Å². The number of imidazole rings is 1. The number of guanidine groups is 1. The number of hydrogen-bond acceptors (Lipinski definition) is 3. The number of rotatable bonds is 3. The van der Waals surface area contributed by atoms with Crippen LogP contribution in [0.1, 0.15) is 34.8 Å². The summed E-state index contributed by atoms with van der Waals surface area (Å²) in [6.07, 6.45) is 5.20. The molecule has 4 rings (SSSR count). The number of nitrogens with two attached hydrogens (primary N) is 2. The van der Waals surface area contributed by atoms with E-state index >= 15 is 0 Å². The summed E-state index contributed by atoms with van der Waals surface area (Å²) in [5.74, 6) is -0.425. The highest BCUT2D eigenvalue weighted by molar-refractivity contribution is 6.02. The molecule has 1 saturated carbocycles. The molecular formula is C15H17Cl2N7O. The molecule has 1 amide bonds. The number of carbonyl (C=O) groups excluding carboxylic acids is 1. The molecule has 2 heterocycles. The number of para-hydroxylation sites is 1. The SMILES string of the molecule is Cl.Cl.NC(N)=NC(=O)c1cnn(-c2cccc3[nH]cnc23)c1C1CC1. The standard InChI is InChI=1S/C15H15N7O.2ClH/c16-15(17)21-14(23)9-6-20-22(13(9)8-4-5-8)11-3-1-2-10-12(11)19-7-18-10;;/h1-3,6-8H,4-5H2,(H,18,19)(H4,16,17,21,23);2*1H. The Kier molecular flexibility index (Phi) is 5.34. The summed E-state index contributed by atoms with van der Waals surface area (Å²) in [5, 5.41) is 4.40. The first kappa shape index (κ1) is 18.8. The normalized spacial score (nSPS) is 13.0. The lowest BCUT2D eigenvalue weighted by Crippen LogP contribution is -2.24. The highest BCUT2D eigenvalue weighted by atomic mass is 35.5. The zero-order valence-electron chi connectivity index (χ0n) is 13.0. The van der Waals surface area contributed by atoms with Crippen LogP contribution in [0.4, 0.5) is 0 Å². The Hall–Kier alpha value is -2.58. The fourth-order valence-corrected chi connectivity index (χ4v) is 2.76. The molecule has 0 unspecified atom stereocenters. The van der Waals surface area contributed by atoms with E-state index in [9.17, 15) is 4.79 Å². The largest absolute Gasteiger partial charge is 0.370 e. The van der Waals surface area contributed by atoms with Crippen molar-refractivity contribution in [1.82, 2.24) is 19.7 Å². The number of fused-ring (bicyclic) bond motifs is 1. The molecule has 0 bridgehead atoms. The molecule has 132 valence electrons. The van der Waals surface area contributed by atoms with Gasteiger partial charge in [0.25, 0.3) is 5.91 Å². The van der Waals surface area contributed by atoms with Crippen LogP contribution in [0, 0.1) is 0 Å². The minimum atomic E-state index is -0.465. The second kappa shape index (κ2) is 7.12. The number of aromatic nitrogens is 4. The lowest BCUT2D eigenvalue weighted by Gasteiger charge is -2.08. The fraction of sp³-hybridized carbons (Fsp3) is 0.200. The average molecular weight is 382 g/mol. The number of H-pyrrole nitrogens is 1. The molecule has 0 radical (unpaired) electrons. The molecule has 0 saturated heterocycles. The molecular weight excluding hydrogens is 365 g/mol. The van der Waals surface area contributed by atoms with Crippen molar-refractivity contribution in [2.75, 3.05) is 0 Å². The van der Waals surface area contributed by atoms with Gasteiger partial charge >= 0.3 is 0 Å². The van der Waals surface area contributed by atoms with Gasteiger partial charge in [0, 0.05) is 5.92 Å². The van der Waals surface area contributed by atoms with E-state index in [0.29, 0.717) is 11.5 Å². The highest BCUT2D eigenvalue weighted by Crippen LogP contribution is 2.43. The van der Waals surface area contributed by atoms with Crippen molar-refractivity contribution in [1.29, 1.82) is 0 Å². The van der Waals surface area contributed by atoms with Crippen LogP contribution in [0.5, 0.6) is 0 Å². The summed E-state index contributed by atoms with van der Waals surface area (Å²) in [5.41, 5.74) is 14.5. The van der Waals surface area contributed by atoms with Crippen LogP contribution in [0.25, 0.3) is 16.7 Å².